The molecule has 0 aliphatic heterocycles. The molecule has 3 atom stereocenters. The van der Waals surface area contributed by atoms with Gasteiger partial charge in [-0.25, -0.2) is 0 Å². The molecule has 0 bridgehead atoms. The molecule has 0 radical (unpaired) electrons. The number of hydrogen-bond donors (Lipinski definition) is 0. The summed E-state index contributed by atoms with van der Waals surface area (Å²) >= 11 is 0. The SMILES string of the molecule is CC.CCCC1CCC(C2CCC(N(C(C)=O)C(C)=O)CC2)C(C)C1. The number of rotatable bonds is 4. The summed E-state index contributed by atoms with van der Waals surface area (Å²) in [5, 5.41) is 0. The summed E-state index contributed by atoms with van der Waals surface area (Å²) in [4.78, 5) is 24.9. The van der Waals surface area contributed by atoms with Crippen molar-refractivity contribution in [2.45, 2.75) is 105 Å². The first-order chi connectivity index (χ1) is 11.9. The number of carbonyl (C=O) groups excluding carboxylic acids is 2. The number of nitrogens with zero attached hydrogens (tertiary/aromatic N) is 1. The lowest BCUT2D eigenvalue weighted by Gasteiger charge is -2.43. The van der Waals surface area contributed by atoms with Crippen LogP contribution in [0.15, 0.2) is 0 Å². The normalized spacial score (nSPS) is 32.3. The van der Waals surface area contributed by atoms with Crippen LogP contribution in [0.4, 0.5) is 0 Å². The van der Waals surface area contributed by atoms with E-state index in [1.165, 1.54) is 63.7 Å². The van der Waals surface area contributed by atoms with Crippen molar-refractivity contribution in [1.29, 1.82) is 0 Å². The molecule has 146 valence electrons. The minimum absolute atomic E-state index is 0.0885. The van der Waals surface area contributed by atoms with Crippen molar-refractivity contribution in [3.8, 4) is 0 Å². The highest BCUT2D eigenvalue weighted by molar-refractivity contribution is 5.93. The molecular weight excluding hydrogens is 310 g/mol. The molecule has 0 spiro atoms. The third kappa shape index (κ3) is 6.11. The van der Waals surface area contributed by atoms with Gasteiger partial charge in [-0.15, -0.1) is 0 Å². The summed E-state index contributed by atoms with van der Waals surface area (Å²) in [5.74, 6) is 3.30. The maximum absolute atomic E-state index is 11.7. The van der Waals surface area contributed by atoms with Crippen molar-refractivity contribution in [3.63, 3.8) is 0 Å². The minimum Gasteiger partial charge on any atom is -0.280 e. The molecule has 0 aromatic carbocycles. The van der Waals surface area contributed by atoms with Gasteiger partial charge in [0.1, 0.15) is 0 Å². The Morgan fingerprint density at radius 2 is 1.48 bits per heavy atom. The Hall–Kier alpha value is -0.860. The van der Waals surface area contributed by atoms with E-state index in [2.05, 4.69) is 13.8 Å². The van der Waals surface area contributed by atoms with Gasteiger partial charge >= 0.3 is 0 Å². The molecule has 3 unspecified atom stereocenters. The van der Waals surface area contributed by atoms with Crippen LogP contribution in [0.3, 0.4) is 0 Å². The van der Waals surface area contributed by atoms with E-state index in [4.69, 9.17) is 0 Å². The summed E-state index contributed by atoms with van der Waals surface area (Å²) in [7, 11) is 0. The smallest absolute Gasteiger partial charge is 0.226 e. The zero-order valence-corrected chi connectivity index (χ0v) is 17.5. The minimum atomic E-state index is -0.0885. The molecule has 2 rings (SSSR count). The third-order valence-electron chi connectivity index (χ3n) is 6.43. The average Bonchev–Trinajstić information content (AvgIpc) is 2.57. The van der Waals surface area contributed by atoms with Crippen LogP contribution < -0.4 is 0 Å². The van der Waals surface area contributed by atoms with Crippen LogP contribution in [-0.2, 0) is 9.59 Å². The second-order valence-corrected chi connectivity index (χ2v) is 8.09. The molecule has 2 amide bonds. The van der Waals surface area contributed by atoms with Gasteiger partial charge in [-0.1, -0.05) is 47.0 Å². The summed E-state index contributed by atoms with van der Waals surface area (Å²) < 4.78 is 0. The highest BCUT2D eigenvalue weighted by atomic mass is 16.2. The summed E-state index contributed by atoms with van der Waals surface area (Å²) in [5.41, 5.74) is 0. The average molecular weight is 352 g/mol. The summed E-state index contributed by atoms with van der Waals surface area (Å²) in [6, 6.07) is 0.146. The second kappa shape index (κ2) is 11.0. The molecule has 25 heavy (non-hydrogen) atoms. The van der Waals surface area contributed by atoms with Crippen LogP contribution in [-0.4, -0.2) is 22.8 Å². The highest BCUT2D eigenvalue weighted by Gasteiger charge is 2.36. The molecule has 2 saturated carbocycles. The van der Waals surface area contributed by atoms with Crippen LogP contribution in [0, 0.1) is 23.7 Å². The van der Waals surface area contributed by atoms with Gasteiger partial charge in [0.15, 0.2) is 0 Å². The molecule has 2 aliphatic carbocycles. The fraction of sp³-hybridized carbons (Fsp3) is 0.909. The van der Waals surface area contributed by atoms with E-state index in [9.17, 15) is 9.59 Å². The van der Waals surface area contributed by atoms with Gasteiger partial charge in [0, 0.05) is 19.9 Å². The van der Waals surface area contributed by atoms with Crippen LogP contribution in [0.25, 0.3) is 0 Å². The van der Waals surface area contributed by atoms with E-state index in [1.54, 1.807) is 0 Å². The largest absolute Gasteiger partial charge is 0.280 e. The molecule has 2 aliphatic rings. The molecule has 3 heteroatoms. The summed E-state index contributed by atoms with van der Waals surface area (Å²) in [6.07, 6.45) is 11.3. The van der Waals surface area contributed by atoms with Crippen LogP contribution in [0.1, 0.15) is 99.3 Å². The Labute approximate surface area is 155 Å². The van der Waals surface area contributed by atoms with Gasteiger partial charge in [-0.05, 0) is 62.2 Å². The van der Waals surface area contributed by atoms with E-state index in [-0.39, 0.29) is 17.9 Å². The van der Waals surface area contributed by atoms with Gasteiger partial charge in [-0.2, -0.15) is 0 Å². The predicted octanol–water partition coefficient (Wildman–Crippen LogP) is 5.82. The zero-order chi connectivity index (χ0) is 19.0. The van der Waals surface area contributed by atoms with E-state index < -0.39 is 0 Å². The van der Waals surface area contributed by atoms with Crippen molar-refractivity contribution in [3.05, 3.63) is 0 Å². The maximum Gasteiger partial charge on any atom is 0.226 e. The van der Waals surface area contributed by atoms with Crippen molar-refractivity contribution in [1.82, 2.24) is 4.90 Å². The Morgan fingerprint density at radius 3 is 1.92 bits per heavy atom. The van der Waals surface area contributed by atoms with E-state index in [0.29, 0.717) is 0 Å². The third-order valence-corrected chi connectivity index (χ3v) is 6.43. The lowest BCUT2D eigenvalue weighted by atomic mass is 9.65. The standard InChI is InChI=1S/C20H35NO2.C2H6/c1-5-6-17-7-12-20(14(2)13-17)18-8-10-19(11-9-18)21(15(3)22)16(4)23;1-2/h14,17-20H,5-13H2,1-4H3;1-2H3. The number of hydrogen-bond acceptors (Lipinski definition) is 2. The molecule has 3 nitrogen and oxygen atoms in total. The van der Waals surface area contributed by atoms with Crippen molar-refractivity contribution in [2.75, 3.05) is 0 Å². The predicted molar refractivity (Wildman–Crippen MR) is 105 cm³/mol. The molecule has 2 fully saturated rings. The Balaban J connectivity index is 0.00000151. The fourth-order valence-corrected chi connectivity index (χ4v) is 5.43. The van der Waals surface area contributed by atoms with Crippen LogP contribution in [0.2, 0.25) is 0 Å². The van der Waals surface area contributed by atoms with Gasteiger partial charge in [0.05, 0.1) is 0 Å². The highest BCUT2D eigenvalue weighted by Crippen LogP contribution is 2.44. The van der Waals surface area contributed by atoms with Gasteiger partial charge in [0.25, 0.3) is 0 Å². The summed E-state index contributed by atoms with van der Waals surface area (Å²) in [6.45, 7) is 11.8. The number of imide groups is 1. The molecule has 0 N–H and O–H groups in total. The van der Waals surface area contributed by atoms with Gasteiger partial charge in [0.2, 0.25) is 11.8 Å². The number of carbonyl (C=O) groups is 2. The zero-order valence-electron chi connectivity index (χ0n) is 17.5. The number of amides is 2. The molecule has 0 heterocycles. The molecule has 0 aromatic rings. The first kappa shape index (κ1) is 22.2. The monoisotopic (exact) mass is 351 g/mol. The van der Waals surface area contributed by atoms with E-state index in [1.807, 2.05) is 13.8 Å². The quantitative estimate of drug-likeness (QED) is 0.640. The van der Waals surface area contributed by atoms with E-state index in [0.717, 1.165) is 36.5 Å². The Morgan fingerprint density at radius 1 is 0.920 bits per heavy atom. The molecule has 0 saturated heterocycles. The van der Waals surface area contributed by atoms with Crippen LogP contribution >= 0.6 is 0 Å². The first-order valence-corrected chi connectivity index (χ1v) is 10.7. The van der Waals surface area contributed by atoms with Gasteiger partial charge < -0.3 is 0 Å². The topological polar surface area (TPSA) is 37.4 Å². The fourth-order valence-electron chi connectivity index (χ4n) is 5.43. The van der Waals surface area contributed by atoms with Crippen molar-refractivity contribution in [2.24, 2.45) is 23.7 Å². The Bertz CT molecular complexity index is 398. The van der Waals surface area contributed by atoms with Gasteiger partial charge in [-0.3, -0.25) is 14.5 Å². The lowest BCUT2D eigenvalue weighted by molar-refractivity contribution is -0.146. The first-order valence-electron chi connectivity index (χ1n) is 10.7. The maximum atomic E-state index is 11.7. The van der Waals surface area contributed by atoms with Crippen molar-refractivity contribution >= 4 is 11.8 Å². The van der Waals surface area contributed by atoms with Crippen molar-refractivity contribution < 1.29 is 9.59 Å². The second-order valence-electron chi connectivity index (χ2n) is 8.09. The van der Waals surface area contributed by atoms with Crippen LogP contribution in [0.5, 0.6) is 0 Å². The van der Waals surface area contributed by atoms with E-state index >= 15 is 0 Å². The molecular formula is C22H41NO2. The molecule has 0 aromatic heterocycles. The Kier molecular flexibility index (Phi) is 9.74. The lowest BCUT2D eigenvalue weighted by Crippen LogP contribution is -2.45.